The first-order valence-corrected chi connectivity index (χ1v) is 4.52. The quantitative estimate of drug-likeness (QED) is 0.471. The largest absolute Gasteiger partial charge is 0.393 e. The molecular formula is C8H18N2S. The summed E-state index contributed by atoms with van der Waals surface area (Å²) in [5.74, 6) is 0.771. The van der Waals surface area contributed by atoms with Gasteiger partial charge in [0.2, 0.25) is 0 Å². The number of nitrogens with two attached hydrogens (primary N) is 1. The molecule has 0 atom stereocenters. The Kier molecular flexibility index (Phi) is 6.46. The summed E-state index contributed by atoms with van der Waals surface area (Å²) < 4.78 is 0. The predicted octanol–water partition coefficient (Wildman–Crippen LogP) is 1.30. The zero-order chi connectivity index (χ0) is 8.69. The van der Waals surface area contributed by atoms with Crippen molar-refractivity contribution in [3.63, 3.8) is 0 Å². The third kappa shape index (κ3) is 9.85. The Hall–Kier alpha value is -0.150. The van der Waals surface area contributed by atoms with E-state index in [2.05, 4.69) is 19.2 Å². The molecule has 0 unspecified atom stereocenters. The molecule has 11 heavy (non-hydrogen) atoms. The lowest BCUT2D eigenvalue weighted by atomic mass is 10.1. The third-order valence-electron chi connectivity index (χ3n) is 1.45. The average molecular weight is 174 g/mol. The van der Waals surface area contributed by atoms with Crippen molar-refractivity contribution >= 4 is 17.2 Å². The minimum absolute atomic E-state index is 0.599. The average Bonchev–Trinajstić information content (AvgIpc) is 1.85. The predicted molar refractivity (Wildman–Crippen MR) is 53.7 cm³/mol. The van der Waals surface area contributed by atoms with Crippen LogP contribution in [0.2, 0.25) is 0 Å². The van der Waals surface area contributed by atoms with E-state index >= 15 is 0 Å². The Morgan fingerprint density at radius 2 is 2.09 bits per heavy atom. The number of hydrogen-bond donors (Lipinski definition) is 2. The molecule has 2 nitrogen and oxygen atoms in total. The van der Waals surface area contributed by atoms with Crippen LogP contribution in [0, 0.1) is 5.92 Å². The van der Waals surface area contributed by atoms with Gasteiger partial charge in [-0.05, 0) is 18.9 Å². The molecule has 0 saturated heterocycles. The second-order valence-electron chi connectivity index (χ2n) is 3.15. The molecule has 0 fully saturated rings. The van der Waals surface area contributed by atoms with Gasteiger partial charge >= 0.3 is 0 Å². The van der Waals surface area contributed by atoms with E-state index in [0.29, 0.717) is 4.99 Å². The fourth-order valence-electron chi connectivity index (χ4n) is 0.727. The molecule has 0 rings (SSSR count). The number of hydrogen-bond acceptors (Lipinski definition) is 2. The van der Waals surface area contributed by atoms with Gasteiger partial charge in [0, 0.05) is 13.0 Å². The second-order valence-corrected chi connectivity index (χ2v) is 3.67. The minimum atomic E-state index is 0.599. The van der Waals surface area contributed by atoms with E-state index in [1.165, 1.54) is 6.42 Å². The fraction of sp³-hybridized carbons (Fsp3) is 0.875. The summed E-state index contributed by atoms with van der Waals surface area (Å²) >= 11 is 4.73. The zero-order valence-electron chi connectivity index (χ0n) is 7.39. The smallest absolute Gasteiger partial charge is 0.0740 e. The maximum atomic E-state index is 5.33. The molecule has 0 aromatic rings. The number of thiocarbonyl (C=S) groups is 1. The van der Waals surface area contributed by atoms with Gasteiger partial charge in [0.05, 0.1) is 4.99 Å². The van der Waals surface area contributed by atoms with Gasteiger partial charge in [0.1, 0.15) is 0 Å². The Labute approximate surface area is 74.5 Å². The highest BCUT2D eigenvalue weighted by molar-refractivity contribution is 7.80. The van der Waals surface area contributed by atoms with Gasteiger partial charge in [0.25, 0.3) is 0 Å². The van der Waals surface area contributed by atoms with Crippen LogP contribution in [0.5, 0.6) is 0 Å². The van der Waals surface area contributed by atoms with E-state index in [1.54, 1.807) is 0 Å². The lowest BCUT2D eigenvalue weighted by Crippen LogP contribution is -2.22. The van der Waals surface area contributed by atoms with Gasteiger partial charge in [-0.25, -0.2) is 0 Å². The third-order valence-corrected chi connectivity index (χ3v) is 1.65. The van der Waals surface area contributed by atoms with Crippen LogP contribution in [-0.2, 0) is 0 Å². The van der Waals surface area contributed by atoms with Crippen molar-refractivity contribution in [3.05, 3.63) is 0 Å². The van der Waals surface area contributed by atoms with Gasteiger partial charge in [0.15, 0.2) is 0 Å². The van der Waals surface area contributed by atoms with Crippen molar-refractivity contribution in [2.45, 2.75) is 26.7 Å². The van der Waals surface area contributed by atoms with E-state index in [0.717, 1.165) is 25.4 Å². The molecule has 3 N–H and O–H groups in total. The standard InChI is InChI=1S/C8H18N2S/c1-7(2)3-5-10-6-4-8(9)11/h7,10H,3-6H2,1-2H3,(H2,9,11). The molecule has 0 aliphatic carbocycles. The summed E-state index contributed by atoms with van der Waals surface area (Å²) in [6.45, 7) is 6.42. The van der Waals surface area contributed by atoms with E-state index in [4.69, 9.17) is 18.0 Å². The van der Waals surface area contributed by atoms with Crippen LogP contribution >= 0.6 is 12.2 Å². The van der Waals surface area contributed by atoms with Crippen LogP contribution in [0.3, 0.4) is 0 Å². The SMILES string of the molecule is CC(C)CCNCCC(N)=S. The van der Waals surface area contributed by atoms with Crippen LogP contribution in [0.4, 0.5) is 0 Å². The van der Waals surface area contributed by atoms with Crippen LogP contribution in [0.15, 0.2) is 0 Å². The Morgan fingerprint density at radius 1 is 1.45 bits per heavy atom. The Morgan fingerprint density at radius 3 is 2.55 bits per heavy atom. The summed E-state index contributed by atoms with van der Waals surface area (Å²) in [5.41, 5.74) is 5.33. The first kappa shape index (κ1) is 10.8. The molecule has 0 amide bonds. The minimum Gasteiger partial charge on any atom is -0.393 e. The van der Waals surface area contributed by atoms with Crippen molar-refractivity contribution in [1.29, 1.82) is 0 Å². The van der Waals surface area contributed by atoms with Crippen molar-refractivity contribution in [2.24, 2.45) is 11.7 Å². The topological polar surface area (TPSA) is 38.0 Å². The van der Waals surface area contributed by atoms with E-state index < -0.39 is 0 Å². The highest BCUT2D eigenvalue weighted by Crippen LogP contribution is 1.95. The molecular weight excluding hydrogens is 156 g/mol. The Bertz CT molecular complexity index is 113. The van der Waals surface area contributed by atoms with E-state index in [1.807, 2.05) is 0 Å². The number of nitrogens with one attached hydrogen (secondary N) is 1. The molecule has 0 aliphatic rings. The molecule has 0 aliphatic heterocycles. The van der Waals surface area contributed by atoms with Crippen molar-refractivity contribution in [2.75, 3.05) is 13.1 Å². The second kappa shape index (κ2) is 6.55. The molecule has 3 heteroatoms. The van der Waals surface area contributed by atoms with Crippen LogP contribution in [-0.4, -0.2) is 18.1 Å². The van der Waals surface area contributed by atoms with Gasteiger partial charge in [-0.15, -0.1) is 0 Å². The fourth-order valence-corrected chi connectivity index (χ4v) is 0.829. The summed E-state index contributed by atoms with van der Waals surface area (Å²) in [6.07, 6.45) is 2.03. The van der Waals surface area contributed by atoms with Gasteiger partial charge < -0.3 is 11.1 Å². The van der Waals surface area contributed by atoms with Crippen LogP contribution < -0.4 is 11.1 Å². The van der Waals surface area contributed by atoms with Crippen LogP contribution in [0.25, 0.3) is 0 Å². The maximum Gasteiger partial charge on any atom is 0.0740 e. The maximum absolute atomic E-state index is 5.33. The molecule has 0 heterocycles. The van der Waals surface area contributed by atoms with Gasteiger partial charge in [-0.1, -0.05) is 26.1 Å². The molecule has 66 valence electrons. The van der Waals surface area contributed by atoms with E-state index in [9.17, 15) is 0 Å². The first-order valence-electron chi connectivity index (χ1n) is 4.12. The molecule has 0 bridgehead atoms. The molecule has 0 radical (unpaired) electrons. The molecule has 0 saturated carbocycles. The lowest BCUT2D eigenvalue weighted by Gasteiger charge is -2.05. The van der Waals surface area contributed by atoms with Gasteiger partial charge in [-0.3, -0.25) is 0 Å². The van der Waals surface area contributed by atoms with E-state index in [-0.39, 0.29) is 0 Å². The van der Waals surface area contributed by atoms with Gasteiger partial charge in [-0.2, -0.15) is 0 Å². The number of rotatable bonds is 6. The first-order chi connectivity index (χ1) is 5.13. The summed E-state index contributed by atoms with van der Waals surface area (Å²) in [7, 11) is 0. The monoisotopic (exact) mass is 174 g/mol. The Balaban J connectivity index is 2.97. The van der Waals surface area contributed by atoms with Crippen LogP contribution in [0.1, 0.15) is 26.7 Å². The molecule has 0 aromatic heterocycles. The highest BCUT2D eigenvalue weighted by atomic mass is 32.1. The van der Waals surface area contributed by atoms with Crippen molar-refractivity contribution < 1.29 is 0 Å². The zero-order valence-corrected chi connectivity index (χ0v) is 8.21. The molecule has 0 aromatic carbocycles. The van der Waals surface area contributed by atoms with Crippen molar-refractivity contribution in [3.8, 4) is 0 Å². The summed E-state index contributed by atoms with van der Waals surface area (Å²) in [5, 5.41) is 3.28. The normalized spacial score (nSPS) is 10.5. The molecule has 0 spiro atoms. The van der Waals surface area contributed by atoms with Crippen molar-refractivity contribution in [1.82, 2.24) is 5.32 Å². The highest BCUT2D eigenvalue weighted by Gasteiger charge is 1.93. The lowest BCUT2D eigenvalue weighted by molar-refractivity contribution is 0.542. The summed E-state index contributed by atoms with van der Waals surface area (Å²) in [4.78, 5) is 0.599. The summed E-state index contributed by atoms with van der Waals surface area (Å²) in [6, 6.07) is 0.